The number of carboxylic acid groups (broad SMARTS) is 2. The van der Waals surface area contributed by atoms with Gasteiger partial charge < -0.3 is 10.2 Å². The molecule has 1 aliphatic carbocycles. The van der Waals surface area contributed by atoms with Gasteiger partial charge in [-0.05, 0) is 25.2 Å². The summed E-state index contributed by atoms with van der Waals surface area (Å²) in [5, 5.41) is 17.5. The van der Waals surface area contributed by atoms with Gasteiger partial charge in [0.1, 0.15) is 0 Å². The van der Waals surface area contributed by atoms with Crippen LogP contribution in [0.2, 0.25) is 0 Å². The molecule has 2 unspecified atom stereocenters. The van der Waals surface area contributed by atoms with E-state index >= 15 is 0 Å². The van der Waals surface area contributed by atoms with Crippen molar-refractivity contribution in [2.45, 2.75) is 26.2 Å². The lowest BCUT2D eigenvalue weighted by molar-refractivity contribution is -0.150. The molecule has 0 radical (unpaired) electrons. The second-order valence-electron chi connectivity index (χ2n) is 3.77. The van der Waals surface area contributed by atoms with Gasteiger partial charge >= 0.3 is 11.9 Å². The van der Waals surface area contributed by atoms with Gasteiger partial charge in [-0.2, -0.15) is 0 Å². The second kappa shape index (κ2) is 3.77. The fraction of sp³-hybridized carbons (Fsp3) is 0.778. The zero-order chi connectivity index (χ0) is 10.0. The molecule has 1 rings (SSSR count). The van der Waals surface area contributed by atoms with Crippen LogP contribution in [0, 0.1) is 17.8 Å². The summed E-state index contributed by atoms with van der Waals surface area (Å²) < 4.78 is 0. The lowest BCUT2D eigenvalue weighted by Gasteiger charge is -2.29. The second-order valence-corrected chi connectivity index (χ2v) is 3.77. The summed E-state index contributed by atoms with van der Waals surface area (Å²) >= 11 is 0. The van der Waals surface area contributed by atoms with Crippen molar-refractivity contribution < 1.29 is 19.8 Å². The standard InChI is InChI=1S/C9H14O4/c1-5-4-6(8(10)11)2-3-7(5)9(12)13/h5-7H,2-4H2,1H3,(H,10,11)(H,12,13)/t5?,6?,7-/m1/s1. The van der Waals surface area contributed by atoms with E-state index in [0.29, 0.717) is 19.3 Å². The van der Waals surface area contributed by atoms with E-state index in [-0.39, 0.29) is 17.8 Å². The molecule has 0 spiro atoms. The van der Waals surface area contributed by atoms with Crippen LogP contribution in [0.4, 0.5) is 0 Å². The highest BCUT2D eigenvalue weighted by Gasteiger charge is 2.34. The number of hydrogen-bond acceptors (Lipinski definition) is 2. The Morgan fingerprint density at radius 2 is 1.77 bits per heavy atom. The molecule has 13 heavy (non-hydrogen) atoms. The molecule has 0 heterocycles. The summed E-state index contributed by atoms with van der Waals surface area (Å²) in [7, 11) is 0. The quantitative estimate of drug-likeness (QED) is 0.679. The Balaban J connectivity index is 2.56. The minimum Gasteiger partial charge on any atom is -0.481 e. The van der Waals surface area contributed by atoms with Gasteiger partial charge in [-0.25, -0.2) is 0 Å². The molecule has 4 heteroatoms. The van der Waals surface area contributed by atoms with Crippen molar-refractivity contribution in [3.8, 4) is 0 Å². The third kappa shape index (κ3) is 2.20. The summed E-state index contributed by atoms with van der Waals surface area (Å²) in [5.74, 6) is -2.31. The molecule has 1 saturated carbocycles. The van der Waals surface area contributed by atoms with E-state index in [1.165, 1.54) is 0 Å². The van der Waals surface area contributed by atoms with Gasteiger partial charge in [0.15, 0.2) is 0 Å². The average Bonchev–Trinajstić information content (AvgIpc) is 2.03. The molecular weight excluding hydrogens is 172 g/mol. The van der Waals surface area contributed by atoms with Crippen molar-refractivity contribution in [3.05, 3.63) is 0 Å². The van der Waals surface area contributed by atoms with Crippen LogP contribution in [-0.4, -0.2) is 22.2 Å². The Labute approximate surface area is 76.6 Å². The van der Waals surface area contributed by atoms with Gasteiger partial charge in [0.25, 0.3) is 0 Å². The topological polar surface area (TPSA) is 74.6 Å². The number of carbonyl (C=O) groups is 2. The molecule has 74 valence electrons. The number of carboxylic acids is 2. The third-order valence-corrected chi connectivity index (χ3v) is 2.84. The summed E-state index contributed by atoms with van der Waals surface area (Å²) in [6, 6.07) is 0. The van der Waals surface area contributed by atoms with Crippen LogP contribution in [0.5, 0.6) is 0 Å². The Bertz CT molecular complexity index is 224. The van der Waals surface area contributed by atoms with E-state index in [9.17, 15) is 9.59 Å². The first-order valence-corrected chi connectivity index (χ1v) is 4.48. The van der Waals surface area contributed by atoms with Crippen molar-refractivity contribution >= 4 is 11.9 Å². The molecule has 3 atom stereocenters. The van der Waals surface area contributed by atoms with Gasteiger partial charge in [-0.15, -0.1) is 0 Å². The van der Waals surface area contributed by atoms with Gasteiger partial charge in [0.05, 0.1) is 11.8 Å². The van der Waals surface area contributed by atoms with Crippen molar-refractivity contribution in [2.75, 3.05) is 0 Å². The smallest absolute Gasteiger partial charge is 0.306 e. The highest BCUT2D eigenvalue weighted by molar-refractivity contribution is 5.73. The Hall–Kier alpha value is -1.06. The Morgan fingerprint density at radius 1 is 1.15 bits per heavy atom. The summed E-state index contributed by atoms with van der Waals surface area (Å²) in [5.41, 5.74) is 0. The first-order valence-electron chi connectivity index (χ1n) is 4.48. The Kier molecular flexibility index (Phi) is 2.90. The van der Waals surface area contributed by atoms with Gasteiger partial charge in [0, 0.05) is 0 Å². The zero-order valence-electron chi connectivity index (χ0n) is 7.56. The largest absolute Gasteiger partial charge is 0.481 e. The monoisotopic (exact) mass is 186 g/mol. The first kappa shape index (κ1) is 10.0. The molecule has 1 fully saturated rings. The van der Waals surface area contributed by atoms with E-state index in [2.05, 4.69) is 0 Å². The van der Waals surface area contributed by atoms with Crippen molar-refractivity contribution in [1.29, 1.82) is 0 Å². The van der Waals surface area contributed by atoms with Crippen molar-refractivity contribution in [1.82, 2.24) is 0 Å². The molecule has 0 amide bonds. The van der Waals surface area contributed by atoms with Gasteiger partial charge in [-0.3, -0.25) is 9.59 Å². The van der Waals surface area contributed by atoms with Crippen LogP contribution in [0.25, 0.3) is 0 Å². The normalized spacial score (nSPS) is 34.1. The zero-order valence-corrected chi connectivity index (χ0v) is 7.56. The maximum atomic E-state index is 10.7. The molecule has 0 aromatic carbocycles. The fourth-order valence-corrected chi connectivity index (χ4v) is 1.99. The van der Waals surface area contributed by atoms with E-state index in [4.69, 9.17) is 10.2 Å². The molecule has 0 bridgehead atoms. The Morgan fingerprint density at radius 3 is 2.15 bits per heavy atom. The predicted octanol–water partition coefficient (Wildman–Crippen LogP) is 1.21. The summed E-state index contributed by atoms with van der Waals surface area (Å²) in [6.45, 7) is 1.81. The van der Waals surface area contributed by atoms with E-state index in [1.807, 2.05) is 6.92 Å². The van der Waals surface area contributed by atoms with Crippen LogP contribution in [-0.2, 0) is 9.59 Å². The highest BCUT2D eigenvalue weighted by atomic mass is 16.4. The predicted molar refractivity (Wildman–Crippen MR) is 45.3 cm³/mol. The highest BCUT2D eigenvalue weighted by Crippen LogP contribution is 2.33. The molecule has 0 saturated heterocycles. The maximum Gasteiger partial charge on any atom is 0.306 e. The molecule has 0 aliphatic heterocycles. The van der Waals surface area contributed by atoms with E-state index < -0.39 is 11.9 Å². The van der Waals surface area contributed by atoms with Crippen LogP contribution < -0.4 is 0 Å². The van der Waals surface area contributed by atoms with E-state index in [1.54, 1.807) is 0 Å². The van der Waals surface area contributed by atoms with Crippen LogP contribution in [0.1, 0.15) is 26.2 Å². The van der Waals surface area contributed by atoms with Crippen molar-refractivity contribution in [3.63, 3.8) is 0 Å². The maximum absolute atomic E-state index is 10.7. The minimum absolute atomic E-state index is 0.0210. The molecule has 0 aromatic rings. The van der Waals surface area contributed by atoms with E-state index in [0.717, 1.165) is 0 Å². The average molecular weight is 186 g/mol. The lowest BCUT2D eigenvalue weighted by Crippen LogP contribution is -2.31. The van der Waals surface area contributed by atoms with Gasteiger partial charge in [0.2, 0.25) is 0 Å². The van der Waals surface area contributed by atoms with Crippen molar-refractivity contribution in [2.24, 2.45) is 17.8 Å². The van der Waals surface area contributed by atoms with Crippen LogP contribution >= 0.6 is 0 Å². The SMILES string of the molecule is CC1CC(C(=O)O)CC[C@H]1C(=O)O. The summed E-state index contributed by atoms with van der Waals surface area (Å²) in [4.78, 5) is 21.3. The number of hydrogen-bond donors (Lipinski definition) is 2. The molecule has 0 aromatic heterocycles. The number of rotatable bonds is 2. The fourth-order valence-electron chi connectivity index (χ4n) is 1.99. The lowest BCUT2D eigenvalue weighted by atomic mass is 9.75. The summed E-state index contributed by atoms with van der Waals surface area (Å²) in [6.07, 6.45) is 1.48. The van der Waals surface area contributed by atoms with Crippen LogP contribution in [0.15, 0.2) is 0 Å². The molecule has 2 N–H and O–H groups in total. The third-order valence-electron chi connectivity index (χ3n) is 2.84. The first-order chi connectivity index (χ1) is 6.02. The number of aliphatic carboxylic acids is 2. The molecule has 4 nitrogen and oxygen atoms in total. The van der Waals surface area contributed by atoms with Gasteiger partial charge in [-0.1, -0.05) is 6.92 Å². The van der Waals surface area contributed by atoms with Crippen LogP contribution in [0.3, 0.4) is 0 Å². The minimum atomic E-state index is -0.796. The molecule has 1 aliphatic rings. The molecular formula is C9H14O4.